The van der Waals surface area contributed by atoms with Gasteiger partial charge in [-0.2, -0.15) is 0 Å². The molecule has 96 valence electrons. The highest BCUT2D eigenvalue weighted by molar-refractivity contribution is 5.46. The van der Waals surface area contributed by atoms with E-state index in [0.717, 1.165) is 12.2 Å². The van der Waals surface area contributed by atoms with Crippen molar-refractivity contribution < 1.29 is 0 Å². The lowest BCUT2D eigenvalue weighted by Crippen LogP contribution is -2.31. The Bertz CT molecular complexity index is 336. The summed E-state index contributed by atoms with van der Waals surface area (Å²) in [7, 11) is 2.12. The van der Waals surface area contributed by atoms with Crippen molar-refractivity contribution in [3.8, 4) is 0 Å². The van der Waals surface area contributed by atoms with Crippen LogP contribution in [0.5, 0.6) is 0 Å². The molecule has 0 saturated carbocycles. The molecule has 2 N–H and O–H groups in total. The van der Waals surface area contributed by atoms with Crippen molar-refractivity contribution in [3.05, 3.63) is 23.9 Å². The first-order valence-corrected chi connectivity index (χ1v) is 6.43. The van der Waals surface area contributed by atoms with Crippen LogP contribution >= 0.6 is 0 Å². The Morgan fingerprint density at radius 3 is 2.65 bits per heavy atom. The van der Waals surface area contributed by atoms with Gasteiger partial charge in [0.15, 0.2) is 0 Å². The number of rotatable bonds is 6. The van der Waals surface area contributed by atoms with Gasteiger partial charge in [0, 0.05) is 19.3 Å². The van der Waals surface area contributed by atoms with Gasteiger partial charge in [-0.25, -0.2) is 4.98 Å². The molecule has 3 nitrogen and oxygen atoms in total. The first-order valence-electron chi connectivity index (χ1n) is 6.43. The molecule has 3 heteroatoms. The lowest BCUT2D eigenvalue weighted by atomic mass is 10.0. The van der Waals surface area contributed by atoms with Gasteiger partial charge in [0.1, 0.15) is 5.82 Å². The van der Waals surface area contributed by atoms with E-state index in [-0.39, 0.29) is 0 Å². The van der Waals surface area contributed by atoms with E-state index in [9.17, 15) is 0 Å². The summed E-state index contributed by atoms with van der Waals surface area (Å²) in [6.45, 7) is 7.43. The van der Waals surface area contributed by atoms with Crippen LogP contribution in [-0.2, 0) is 6.42 Å². The fourth-order valence-corrected chi connectivity index (χ4v) is 2.15. The number of anilines is 1. The van der Waals surface area contributed by atoms with Crippen molar-refractivity contribution >= 4 is 5.82 Å². The maximum Gasteiger partial charge on any atom is 0.131 e. The average molecular weight is 235 g/mol. The fourth-order valence-electron chi connectivity index (χ4n) is 2.15. The van der Waals surface area contributed by atoms with Gasteiger partial charge < -0.3 is 10.6 Å². The molecule has 1 heterocycles. The van der Waals surface area contributed by atoms with Crippen molar-refractivity contribution in [2.75, 3.05) is 18.5 Å². The summed E-state index contributed by atoms with van der Waals surface area (Å²) in [5.41, 5.74) is 6.88. The summed E-state index contributed by atoms with van der Waals surface area (Å²) in [4.78, 5) is 6.76. The molecule has 0 aromatic carbocycles. The number of pyridine rings is 1. The first kappa shape index (κ1) is 14.0. The second-order valence-electron chi connectivity index (χ2n) is 5.11. The minimum absolute atomic E-state index is 0.501. The molecule has 0 aliphatic rings. The second-order valence-corrected chi connectivity index (χ2v) is 5.11. The maximum absolute atomic E-state index is 5.64. The topological polar surface area (TPSA) is 42.2 Å². The van der Waals surface area contributed by atoms with Gasteiger partial charge in [-0.05, 0) is 43.9 Å². The highest BCUT2D eigenvalue weighted by atomic mass is 15.2. The Morgan fingerprint density at radius 1 is 1.35 bits per heavy atom. The minimum atomic E-state index is 0.501. The van der Waals surface area contributed by atoms with Crippen LogP contribution in [0.3, 0.4) is 0 Å². The van der Waals surface area contributed by atoms with Crippen LogP contribution in [0, 0.1) is 5.92 Å². The van der Waals surface area contributed by atoms with Crippen LogP contribution in [0.25, 0.3) is 0 Å². The molecule has 0 radical (unpaired) electrons. The highest BCUT2D eigenvalue weighted by Gasteiger charge is 2.15. The Morgan fingerprint density at radius 2 is 2.06 bits per heavy atom. The summed E-state index contributed by atoms with van der Waals surface area (Å²) in [6, 6.07) is 4.60. The fraction of sp³-hybridized carbons (Fsp3) is 0.643. The van der Waals surface area contributed by atoms with Crippen LogP contribution in [-0.4, -0.2) is 24.6 Å². The molecule has 0 aliphatic heterocycles. The first-order chi connectivity index (χ1) is 8.06. The predicted molar refractivity (Wildman–Crippen MR) is 74.3 cm³/mol. The third-order valence-electron chi connectivity index (χ3n) is 3.09. The monoisotopic (exact) mass is 235 g/mol. The van der Waals surface area contributed by atoms with Gasteiger partial charge in [0.2, 0.25) is 0 Å². The van der Waals surface area contributed by atoms with Crippen LogP contribution in [0.15, 0.2) is 18.3 Å². The van der Waals surface area contributed by atoms with E-state index in [1.807, 2.05) is 12.3 Å². The van der Waals surface area contributed by atoms with E-state index in [1.165, 1.54) is 12.0 Å². The largest absolute Gasteiger partial charge is 0.357 e. The number of hydrogen-bond donors (Lipinski definition) is 1. The predicted octanol–water partition coefficient (Wildman–Crippen LogP) is 2.45. The van der Waals surface area contributed by atoms with E-state index in [0.29, 0.717) is 18.5 Å². The molecular formula is C14H25N3. The van der Waals surface area contributed by atoms with Gasteiger partial charge in [-0.15, -0.1) is 0 Å². The number of aromatic nitrogens is 1. The zero-order valence-electron chi connectivity index (χ0n) is 11.5. The smallest absolute Gasteiger partial charge is 0.131 e. The minimum Gasteiger partial charge on any atom is -0.357 e. The number of nitrogens with two attached hydrogens (primary N) is 1. The van der Waals surface area contributed by atoms with Crippen molar-refractivity contribution in [2.24, 2.45) is 11.7 Å². The average Bonchev–Trinajstić information content (AvgIpc) is 2.28. The summed E-state index contributed by atoms with van der Waals surface area (Å²) < 4.78 is 0. The summed E-state index contributed by atoms with van der Waals surface area (Å²) in [5, 5.41) is 0. The normalized spacial score (nSPS) is 12.8. The second kappa shape index (κ2) is 6.60. The Labute approximate surface area is 105 Å². The zero-order chi connectivity index (χ0) is 12.8. The van der Waals surface area contributed by atoms with Gasteiger partial charge >= 0.3 is 0 Å². The van der Waals surface area contributed by atoms with Crippen LogP contribution in [0.1, 0.15) is 32.8 Å². The van der Waals surface area contributed by atoms with Gasteiger partial charge in [0.05, 0.1) is 0 Å². The summed E-state index contributed by atoms with van der Waals surface area (Å²) in [6.07, 6.45) is 3.92. The molecule has 1 aromatic heterocycles. The van der Waals surface area contributed by atoms with Crippen LogP contribution in [0.2, 0.25) is 0 Å². The molecule has 0 amide bonds. The van der Waals surface area contributed by atoms with E-state index in [2.05, 4.69) is 43.8 Å². The third-order valence-corrected chi connectivity index (χ3v) is 3.09. The molecule has 1 aromatic rings. The molecule has 1 rings (SSSR count). The van der Waals surface area contributed by atoms with E-state index >= 15 is 0 Å². The van der Waals surface area contributed by atoms with Crippen molar-refractivity contribution in [1.82, 2.24) is 4.98 Å². The Balaban J connectivity index is 2.83. The molecule has 0 aliphatic carbocycles. The third kappa shape index (κ3) is 4.00. The van der Waals surface area contributed by atoms with E-state index in [4.69, 9.17) is 5.73 Å². The number of nitrogens with zero attached hydrogens (tertiary/aromatic N) is 2. The lowest BCUT2D eigenvalue weighted by molar-refractivity contribution is 0.501. The lowest BCUT2D eigenvalue weighted by Gasteiger charge is -2.29. The maximum atomic E-state index is 5.64. The van der Waals surface area contributed by atoms with Gasteiger partial charge in [-0.1, -0.05) is 19.9 Å². The standard InChI is InChI=1S/C14H25N3/c1-11(2)10-12(3)17(4)14-13(7-8-15)6-5-9-16-14/h5-6,9,11-12H,7-8,10,15H2,1-4H3. The van der Waals surface area contributed by atoms with Crippen molar-refractivity contribution in [2.45, 2.75) is 39.7 Å². The molecule has 0 fully saturated rings. The van der Waals surface area contributed by atoms with Gasteiger partial charge in [-0.3, -0.25) is 0 Å². The molecule has 17 heavy (non-hydrogen) atoms. The quantitative estimate of drug-likeness (QED) is 0.823. The zero-order valence-corrected chi connectivity index (χ0v) is 11.5. The summed E-state index contributed by atoms with van der Waals surface area (Å²) >= 11 is 0. The van der Waals surface area contributed by atoms with Gasteiger partial charge in [0.25, 0.3) is 0 Å². The SMILES string of the molecule is CC(C)CC(C)N(C)c1ncccc1CCN. The van der Waals surface area contributed by atoms with Crippen molar-refractivity contribution in [1.29, 1.82) is 0 Å². The van der Waals surface area contributed by atoms with Crippen LogP contribution < -0.4 is 10.6 Å². The molecule has 1 unspecified atom stereocenters. The van der Waals surface area contributed by atoms with Crippen LogP contribution in [0.4, 0.5) is 5.82 Å². The Hall–Kier alpha value is -1.09. The molecule has 0 bridgehead atoms. The summed E-state index contributed by atoms with van der Waals surface area (Å²) in [5.74, 6) is 1.78. The molecule has 0 spiro atoms. The van der Waals surface area contributed by atoms with E-state index in [1.54, 1.807) is 0 Å². The van der Waals surface area contributed by atoms with Crippen molar-refractivity contribution in [3.63, 3.8) is 0 Å². The molecule has 1 atom stereocenters. The highest BCUT2D eigenvalue weighted by Crippen LogP contribution is 2.21. The van der Waals surface area contributed by atoms with E-state index < -0.39 is 0 Å². The Kier molecular flexibility index (Phi) is 5.42. The number of hydrogen-bond acceptors (Lipinski definition) is 3. The molecule has 0 saturated heterocycles. The molecular weight excluding hydrogens is 210 g/mol.